The number of halogens is 1. The predicted molar refractivity (Wildman–Crippen MR) is 43.8 cm³/mol. The van der Waals surface area contributed by atoms with Gasteiger partial charge in [-0.15, -0.1) is 12.4 Å². The molecule has 0 aromatic rings. The molecule has 1 aliphatic rings. The van der Waals surface area contributed by atoms with Gasteiger partial charge in [-0.2, -0.15) is 0 Å². The van der Waals surface area contributed by atoms with Crippen LogP contribution in [0.5, 0.6) is 0 Å². The molecule has 1 amide bonds. The topological polar surface area (TPSA) is 61.4 Å². The summed E-state index contributed by atoms with van der Waals surface area (Å²) < 4.78 is 0. The fourth-order valence-corrected chi connectivity index (χ4v) is 1.01. The van der Waals surface area contributed by atoms with Crippen molar-refractivity contribution >= 4 is 18.3 Å². The number of piperazine rings is 1. The number of nitrogens with one attached hydrogen (secondary N) is 2. The Morgan fingerprint density at radius 3 is 2.82 bits per heavy atom. The molecular weight excluding hydrogens is 168 g/mol. The SMILES string of the molecule is Cl.O=C1NCCNC1CCO. The van der Waals surface area contributed by atoms with Crippen molar-refractivity contribution in [2.45, 2.75) is 12.5 Å². The van der Waals surface area contributed by atoms with Crippen molar-refractivity contribution in [3.63, 3.8) is 0 Å². The van der Waals surface area contributed by atoms with Crippen LogP contribution in [0.4, 0.5) is 0 Å². The summed E-state index contributed by atoms with van der Waals surface area (Å²) in [5.41, 5.74) is 0. The number of rotatable bonds is 2. The Labute approximate surface area is 71.8 Å². The molecule has 0 saturated carbocycles. The molecule has 11 heavy (non-hydrogen) atoms. The zero-order valence-corrected chi connectivity index (χ0v) is 6.99. The monoisotopic (exact) mass is 180 g/mol. The summed E-state index contributed by atoms with van der Waals surface area (Å²) in [5, 5.41) is 14.2. The summed E-state index contributed by atoms with van der Waals surface area (Å²) in [4.78, 5) is 10.9. The van der Waals surface area contributed by atoms with E-state index in [0.29, 0.717) is 13.0 Å². The maximum Gasteiger partial charge on any atom is 0.237 e. The first-order chi connectivity index (χ1) is 4.84. The molecule has 1 rings (SSSR count). The van der Waals surface area contributed by atoms with E-state index in [1.807, 2.05) is 0 Å². The van der Waals surface area contributed by atoms with Gasteiger partial charge in [-0.3, -0.25) is 4.79 Å². The quantitative estimate of drug-likeness (QED) is 0.505. The minimum atomic E-state index is -0.182. The molecule has 0 spiro atoms. The number of hydrogen-bond donors (Lipinski definition) is 3. The molecule has 0 radical (unpaired) electrons. The van der Waals surface area contributed by atoms with E-state index in [1.54, 1.807) is 0 Å². The number of carbonyl (C=O) groups is 1. The van der Waals surface area contributed by atoms with Gasteiger partial charge in [0.15, 0.2) is 0 Å². The minimum absolute atomic E-state index is 0. The fourth-order valence-electron chi connectivity index (χ4n) is 1.01. The molecule has 0 aliphatic carbocycles. The zero-order chi connectivity index (χ0) is 7.40. The first-order valence-electron chi connectivity index (χ1n) is 3.46. The van der Waals surface area contributed by atoms with Crippen LogP contribution in [-0.2, 0) is 4.79 Å². The molecular formula is C6H13ClN2O2. The number of aliphatic hydroxyl groups excluding tert-OH is 1. The van der Waals surface area contributed by atoms with Gasteiger partial charge >= 0.3 is 0 Å². The normalized spacial score (nSPS) is 23.7. The summed E-state index contributed by atoms with van der Waals surface area (Å²) in [5.74, 6) is 0.000278. The van der Waals surface area contributed by atoms with Gasteiger partial charge in [-0.1, -0.05) is 0 Å². The third kappa shape index (κ3) is 3.05. The van der Waals surface area contributed by atoms with Gasteiger partial charge in [0.05, 0.1) is 6.04 Å². The van der Waals surface area contributed by atoms with E-state index in [0.717, 1.165) is 6.54 Å². The van der Waals surface area contributed by atoms with Gasteiger partial charge in [-0.25, -0.2) is 0 Å². The number of amides is 1. The molecule has 1 saturated heterocycles. The van der Waals surface area contributed by atoms with Crippen LogP contribution in [0.2, 0.25) is 0 Å². The third-order valence-electron chi connectivity index (χ3n) is 1.55. The van der Waals surface area contributed by atoms with E-state index in [4.69, 9.17) is 5.11 Å². The molecule has 0 aromatic heterocycles. The molecule has 66 valence electrons. The second-order valence-corrected chi connectivity index (χ2v) is 2.31. The predicted octanol–water partition coefficient (Wildman–Crippen LogP) is -1.12. The minimum Gasteiger partial charge on any atom is -0.396 e. The first kappa shape index (κ1) is 10.7. The molecule has 0 aromatic carbocycles. The van der Waals surface area contributed by atoms with E-state index < -0.39 is 0 Å². The van der Waals surface area contributed by atoms with Crippen LogP contribution in [-0.4, -0.2) is 36.8 Å². The largest absolute Gasteiger partial charge is 0.396 e. The lowest BCUT2D eigenvalue weighted by Gasteiger charge is -2.22. The Kier molecular flexibility index (Phi) is 5.19. The molecule has 1 unspecified atom stereocenters. The van der Waals surface area contributed by atoms with Gasteiger partial charge < -0.3 is 15.7 Å². The van der Waals surface area contributed by atoms with Crippen LogP contribution >= 0.6 is 12.4 Å². The van der Waals surface area contributed by atoms with Crippen molar-refractivity contribution in [2.24, 2.45) is 0 Å². The summed E-state index contributed by atoms with van der Waals surface area (Å²) >= 11 is 0. The third-order valence-corrected chi connectivity index (χ3v) is 1.55. The summed E-state index contributed by atoms with van der Waals surface area (Å²) in [6, 6.07) is -0.182. The van der Waals surface area contributed by atoms with Crippen LogP contribution in [0.3, 0.4) is 0 Å². The van der Waals surface area contributed by atoms with Gasteiger partial charge in [0, 0.05) is 19.7 Å². The van der Waals surface area contributed by atoms with Crippen LogP contribution in [0.15, 0.2) is 0 Å². The molecule has 1 fully saturated rings. The highest BCUT2D eigenvalue weighted by Gasteiger charge is 2.19. The summed E-state index contributed by atoms with van der Waals surface area (Å²) in [6.07, 6.45) is 0.506. The second-order valence-electron chi connectivity index (χ2n) is 2.31. The van der Waals surface area contributed by atoms with Gasteiger partial charge in [0.25, 0.3) is 0 Å². The van der Waals surface area contributed by atoms with Crippen molar-refractivity contribution in [1.82, 2.24) is 10.6 Å². The van der Waals surface area contributed by atoms with Crippen molar-refractivity contribution in [2.75, 3.05) is 19.7 Å². The smallest absolute Gasteiger partial charge is 0.237 e. The lowest BCUT2D eigenvalue weighted by molar-refractivity contribution is -0.124. The van der Waals surface area contributed by atoms with Gasteiger partial charge in [0.1, 0.15) is 0 Å². The Bertz CT molecular complexity index is 130. The molecule has 1 aliphatic heterocycles. The average molecular weight is 181 g/mol. The second kappa shape index (κ2) is 5.35. The summed E-state index contributed by atoms with van der Waals surface area (Å²) in [6.45, 7) is 1.56. The Morgan fingerprint density at radius 1 is 1.55 bits per heavy atom. The van der Waals surface area contributed by atoms with E-state index >= 15 is 0 Å². The van der Waals surface area contributed by atoms with Gasteiger partial charge in [-0.05, 0) is 6.42 Å². The number of carbonyl (C=O) groups excluding carboxylic acids is 1. The molecule has 5 heteroatoms. The Balaban J connectivity index is 0.000001000. The van der Waals surface area contributed by atoms with Crippen LogP contribution in [0.25, 0.3) is 0 Å². The molecule has 4 nitrogen and oxygen atoms in total. The Morgan fingerprint density at radius 2 is 2.27 bits per heavy atom. The van der Waals surface area contributed by atoms with E-state index in [1.165, 1.54) is 0 Å². The van der Waals surface area contributed by atoms with Crippen molar-refractivity contribution < 1.29 is 9.90 Å². The van der Waals surface area contributed by atoms with E-state index in [-0.39, 0.29) is 31.0 Å². The van der Waals surface area contributed by atoms with Crippen molar-refractivity contribution in [1.29, 1.82) is 0 Å². The molecule has 0 bridgehead atoms. The maximum atomic E-state index is 10.9. The van der Waals surface area contributed by atoms with Crippen LogP contribution in [0.1, 0.15) is 6.42 Å². The number of aliphatic hydroxyl groups is 1. The first-order valence-corrected chi connectivity index (χ1v) is 3.46. The lowest BCUT2D eigenvalue weighted by Crippen LogP contribution is -2.53. The highest BCUT2D eigenvalue weighted by atomic mass is 35.5. The molecule has 1 atom stereocenters. The zero-order valence-electron chi connectivity index (χ0n) is 6.17. The number of hydrogen-bond acceptors (Lipinski definition) is 3. The van der Waals surface area contributed by atoms with Crippen LogP contribution < -0.4 is 10.6 Å². The van der Waals surface area contributed by atoms with Crippen molar-refractivity contribution in [3.8, 4) is 0 Å². The van der Waals surface area contributed by atoms with E-state index in [2.05, 4.69) is 10.6 Å². The molecule has 3 N–H and O–H groups in total. The summed E-state index contributed by atoms with van der Waals surface area (Å²) in [7, 11) is 0. The highest BCUT2D eigenvalue weighted by Crippen LogP contribution is 1.93. The van der Waals surface area contributed by atoms with Crippen LogP contribution in [0, 0.1) is 0 Å². The standard InChI is InChI=1S/C6H12N2O2.ClH/c9-4-1-5-6(10)8-3-2-7-5;/h5,7,9H,1-4H2,(H,8,10);1H. The van der Waals surface area contributed by atoms with E-state index in [9.17, 15) is 4.79 Å². The lowest BCUT2D eigenvalue weighted by atomic mass is 10.1. The maximum absolute atomic E-state index is 10.9. The average Bonchev–Trinajstić information content (AvgIpc) is 1.94. The Hall–Kier alpha value is -0.320. The fraction of sp³-hybridized carbons (Fsp3) is 0.833. The highest BCUT2D eigenvalue weighted by molar-refractivity contribution is 5.85. The van der Waals surface area contributed by atoms with Gasteiger partial charge in [0.2, 0.25) is 5.91 Å². The molecule has 1 heterocycles. The van der Waals surface area contributed by atoms with Crippen molar-refractivity contribution in [3.05, 3.63) is 0 Å².